The standard InChI is InChI=1S/C19H15ClFN3O2S2/c20-17-12-15(8-11-18(17)21)23-19(27)22-13-6-9-16(10-7-13)28(25,26)24-14-4-2-1-3-5-14/h1-12,24H,(H2,22,23,27). The number of hydrogen-bond acceptors (Lipinski definition) is 3. The quantitative estimate of drug-likeness (QED) is 0.487. The molecule has 0 spiro atoms. The fourth-order valence-corrected chi connectivity index (χ4v) is 3.78. The van der Waals surface area contributed by atoms with Crippen LogP contribution in [0.1, 0.15) is 0 Å². The molecule has 0 aromatic heterocycles. The van der Waals surface area contributed by atoms with Crippen LogP contribution in [0.5, 0.6) is 0 Å². The van der Waals surface area contributed by atoms with E-state index in [2.05, 4.69) is 15.4 Å². The molecule has 0 unspecified atom stereocenters. The first-order valence-corrected chi connectivity index (χ1v) is 10.3. The third kappa shape index (κ3) is 5.19. The van der Waals surface area contributed by atoms with Gasteiger partial charge in [0.05, 0.1) is 9.92 Å². The highest BCUT2D eigenvalue weighted by Crippen LogP contribution is 2.21. The molecule has 3 aromatic carbocycles. The van der Waals surface area contributed by atoms with Gasteiger partial charge in [-0.25, -0.2) is 12.8 Å². The van der Waals surface area contributed by atoms with Gasteiger partial charge in [0.2, 0.25) is 0 Å². The van der Waals surface area contributed by atoms with Crippen LogP contribution in [0.25, 0.3) is 0 Å². The van der Waals surface area contributed by atoms with E-state index in [9.17, 15) is 12.8 Å². The summed E-state index contributed by atoms with van der Waals surface area (Å²) in [7, 11) is -3.69. The van der Waals surface area contributed by atoms with E-state index in [1.54, 1.807) is 42.5 Å². The highest BCUT2D eigenvalue weighted by Gasteiger charge is 2.14. The van der Waals surface area contributed by atoms with Crippen LogP contribution < -0.4 is 15.4 Å². The van der Waals surface area contributed by atoms with Crippen molar-refractivity contribution in [3.8, 4) is 0 Å². The lowest BCUT2D eigenvalue weighted by atomic mass is 10.3. The molecule has 0 bridgehead atoms. The van der Waals surface area contributed by atoms with Gasteiger partial charge in [-0.15, -0.1) is 0 Å². The van der Waals surface area contributed by atoms with Crippen LogP contribution in [0.2, 0.25) is 5.02 Å². The molecule has 3 N–H and O–H groups in total. The summed E-state index contributed by atoms with van der Waals surface area (Å²) in [6, 6.07) is 18.9. The summed E-state index contributed by atoms with van der Waals surface area (Å²) in [5.41, 5.74) is 1.59. The van der Waals surface area contributed by atoms with Gasteiger partial charge >= 0.3 is 0 Å². The lowest BCUT2D eigenvalue weighted by Gasteiger charge is -2.12. The zero-order valence-electron chi connectivity index (χ0n) is 14.3. The van der Waals surface area contributed by atoms with Crippen molar-refractivity contribution >= 4 is 56.0 Å². The molecular weight excluding hydrogens is 421 g/mol. The smallest absolute Gasteiger partial charge is 0.261 e. The fraction of sp³-hybridized carbons (Fsp3) is 0. The zero-order valence-corrected chi connectivity index (χ0v) is 16.7. The number of rotatable bonds is 5. The number of hydrogen-bond donors (Lipinski definition) is 3. The summed E-state index contributed by atoms with van der Waals surface area (Å²) < 4.78 is 40.5. The van der Waals surface area contributed by atoms with Gasteiger partial charge < -0.3 is 10.6 Å². The number of benzene rings is 3. The number of halogens is 2. The molecule has 0 saturated heterocycles. The topological polar surface area (TPSA) is 70.2 Å². The first-order chi connectivity index (χ1) is 13.3. The van der Waals surface area contributed by atoms with Gasteiger partial charge in [0.15, 0.2) is 5.11 Å². The van der Waals surface area contributed by atoms with Crippen molar-refractivity contribution in [1.29, 1.82) is 0 Å². The van der Waals surface area contributed by atoms with E-state index in [0.29, 0.717) is 17.1 Å². The van der Waals surface area contributed by atoms with Crippen LogP contribution >= 0.6 is 23.8 Å². The van der Waals surface area contributed by atoms with Crippen molar-refractivity contribution in [2.45, 2.75) is 4.90 Å². The van der Waals surface area contributed by atoms with Crippen LogP contribution in [-0.4, -0.2) is 13.5 Å². The van der Waals surface area contributed by atoms with Gasteiger partial charge in [-0.3, -0.25) is 4.72 Å². The van der Waals surface area contributed by atoms with E-state index in [0.717, 1.165) is 0 Å². The van der Waals surface area contributed by atoms with Crippen LogP contribution in [0.15, 0.2) is 77.7 Å². The molecule has 5 nitrogen and oxygen atoms in total. The van der Waals surface area contributed by atoms with Crippen LogP contribution in [0.3, 0.4) is 0 Å². The molecule has 0 radical (unpaired) electrons. The Hall–Kier alpha value is -2.68. The Labute approximate surface area is 172 Å². The summed E-state index contributed by atoms with van der Waals surface area (Å²) in [6.07, 6.45) is 0. The summed E-state index contributed by atoms with van der Waals surface area (Å²) in [5, 5.41) is 6.03. The predicted octanol–water partition coefficient (Wildman–Crippen LogP) is 5.09. The summed E-state index contributed by atoms with van der Waals surface area (Å²) in [6.45, 7) is 0. The van der Waals surface area contributed by atoms with Crippen molar-refractivity contribution < 1.29 is 12.8 Å². The normalized spacial score (nSPS) is 10.9. The third-order valence-electron chi connectivity index (χ3n) is 3.63. The second kappa shape index (κ2) is 8.55. The Bertz CT molecular complexity index is 1090. The van der Waals surface area contributed by atoms with Crippen LogP contribution in [-0.2, 0) is 10.0 Å². The predicted molar refractivity (Wildman–Crippen MR) is 115 cm³/mol. The molecule has 0 atom stereocenters. The number of para-hydroxylation sites is 1. The Morgan fingerprint density at radius 2 is 1.46 bits per heavy atom. The van der Waals surface area contributed by atoms with E-state index < -0.39 is 15.8 Å². The molecule has 0 aliphatic heterocycles. The SMILES string of the molecule is O=S(=O)(Nc1ccccc1)c1ccc(NC(=S)Nc2ccc(F)c(Cl)c2)cc1. The van der Waals surface area contributed by atoms with E-state index in [-0.39, 0.29) is 15.0 Å². The van der Waals surface area contributed by atoms with Gasteiger partial charge in [-0.2, -0.15) is 0 Å². The molecule has 0 heterocycles. The molecule has 9 heteroatoms. The average molecular weight is 436 g/mol. The molecule has 0 saturated carbocycles. The number of sulfonamides is 1. The monoisotopic (exact) mass is 435 g/mol. The number of anilines is 3. The van der Waals surface area contributed by atoms with Crippen molar-refractivity contribution in [2.24, 2.45) is 0 Å². The van der Waals surface area contributed by atoms with Crippen molar-refractivity contribution in [1.82, 2.24) is 0 Å². The highest BCUT2D eigenvalue weighted by atomic mass is 35.5. The summed E-state index contributed by atoms with van der Waals surface area (Å²) in [4.78, 5) is 0.117. The average Bonchev–Trinajstić information content (AvgIpc) is 2.65. The van der Waals surface area contributed by atoms with E-state index in [4.69, 9.17) is 23.8 Å². The molecule has 144 valence electrons. The first kappa shape index (κ1) is 20.1. The lowest BCUT2D eigenvalue weighted by Crippen LogP contribution is -2.19. The number of nitrogens with one attached hydrogen (secondary N) is 3. The maximum Gasteiger partial charge on any atom is 0.261 e. The second-order valence-electron chi connectivity index (χ2n) is 5.70. The van der Waals surface area contributed by atoms with Crippen molar-refractivity contribution in [3.05, 3.63) is 83.6 Å². The maximum absolute atomic E-state index is 13.2. The largest absolute Gasteiger partial charge is 0.332 e. The number of thiocarbonyl (C=S) groups is 1. The van der Waals surface area contributed by atoms with Crippen molar-refractivity contribution in [3.63, 3.8) is 0 Å². The van der Waals surface area contributed by atoms with Gasteiger partial charge in [-0.05, 0) is 66.8 Å². The lowest BCUT2D eigenvalue weighted by molar-refractivity contribution is 0.601. The van der Waals surface area contributed by atoms with Crippen molar-refractivity contribution in [2.75, 3.05) is 15.4 Å². The molecule has 28 heavy (non-hydrogen) atoms. The fourth-order valence-electron chi connectivity index (χ4n) is 2.31. The second-order valence-corrected chi connectivity index (χ2v) is 8.20. The van der Waals surface area contributed by atoms with E-state index >= 15 is 0 Å². The van der Waals surface area contributed by atoms with Crippen LogP contribution in [0, 0.1) is 5.82 Å². The Morgan fingerprint density at radius 1 is 0.857 bits per heavy atom. The van der Waals surface area contributed by atoms with Gasteiger partial charge in [0, 0.05) is 17.1 Å². The van der Waals surface area contributed by atoms with E-state index in [1.165, 1.54) is 30.3 Å². The Morgan fingerprint density at radius 3 is 2.11 bits per heavy atom. The minimum Gasteiger partial charge on any atom is -0.332 e. The maximum atomic E-state index is 13.2. The Balaban J connectivity index is 1.65. The van der Waals surface area contributed by atoms with Crippen LogP contribution in [0.4, 0.5) is 21.5 Å². The van der Waals surface area contributed by atoms with Gasteiger partial charge in [-0.1, -0.05) is 29.8 Å². The third-order valence-corrected chi connectivity index (χ3v) is 5.52. The molecule has 0 amide bonds. The van der Waals surface area contributed by atoms with E-state index in [1.807, 2.05) is 0 Å². The molecular formula is C19H15ClFN3O2S2. The molecule has 0 fully saturated rings. The first-order valence-electron chi connectivity index (χ1n) is 8.04. The zero-order chi connectivity index (χ0) is 20.1. The van der Waals surface area contributed by atoms with Gasteiger partial charge in [0.1, 0.15) is 5.82 Å². The van der Waals surface area contributed by atoms with Gasteiger partial charge in [0.25, 0.3) is 10.0 Å². The molecule has 0 aliphatic rings. The molecule has 0 aliphatic carbocycles. The summed E-state index contributed by atoms with van der Waals surface area (Å²) in [5.74, 6) is -0.521. The minimum atomic E-state index is -3.69. The Kier molecular flexibility index (Phi) is 6.13. The summed E-state index contributed by atoms with van der Waals surface area (Å²) >= 11 is 10.9. The molecule has 3 rings (SSSR count). The minimum absolute atomic E-state index is 0.0201. The molecule has 3 aromatic rings. The highest BCUT2D eigenvalue weighted by molar-refractivity contribution is 7.92.